The zero-order chi connectivity index (χ0) is 18.5. The number of rotatable bonds is 4. The topological polar surface area (TPSA) is 49.4 Å². The van der Waals surface area contributed by atoms with Crippen LogP contribution in [0.4, 0.5) is 0 Å². The molecule has 4 nitrogen and oxygen atoms in total. The minimum atomic E-state index is -0.0333. The van der Waals surface area contributed by atoms with Crippen LogP contribution < -0.4 is 5.32 Å². The number of benzene rings is 2. The minimum absolute atomic E-state index is 0.0333. The fourth-order valence-electron chi connectivity index (χ4n) is 3.25. The Morgan fingerprint density at radius 2 is 1.73 bits per heavy atom. The number of amides is 2. The molecule has 2 aromatic rings. The lowest BCUT2D eigenvalue weighted by atomic mass is 10.0. The molecule has 1 fully saturated rings. The van der Waals surface area contributed by atoms with Gasteiger partial charge >= 0.3 is 0 Å². The number of nitrogens with zero attached hydrogens (tertiary/aromatic N) is 1. The van der Waals surface area contributed by atoms with Crippen LogP contribution in [0.1, 0.15) is 34.3 Å². The molecule has 0 atom stereocenters. The summed E-state index contributed by atoms with van der Waals surface area (Å²) >= 11 is 5.88. The van der Waals surface area contributed by atoms with Gasteiger partial charge in [-0.05, 0) is 49.1 Å². The average molecular weight is 371 g/mol. The van der Waals surface area contributed by atoms with Crippen LogP contribution in [0.15, 0.2) is 48.5 Å². The van der Waals surface area contributed by atoms with Crippen molar-refractivity contribution in [2.24, 2.45) is 0 Å². The van der Waals surface area contributed by atoms with Gasteiger partial charge in [-0.3, -0.25) is 9.59 Å². The Balaban J connectivity index is 1.49. The van der Waals surface area contributed by atoms with E-state index in [0.717, 1.165) is 24.0 Å². The third-order valence-electron chi connectivity index (χ3n) is 4.84. The third kappa shape index (κ3) is 4.64. The van der Waals surface area contributed by atoms with Crippen molar-refractivity contribution in [3.05, 3.63) is 70.2 Å². The summed E-state index contributed by atoms with van der Waals surface area (Å²) in [6.07, 6.45) is 1.95. The zero-order valence-electron chi connectivity index (χ0n) is 14.9. The number of nitrogens with one attached hydrogen (secondary N) is 1. The van der Waals surface area contributed by atoms with E-state index in [1.165, 1.54) is 0 Å². The predicted molar refractivity (Wildman–Crippen MR) is 103 cm³/mol. The van der Waals surface area contributed by atoms with E-state index in [2.05, 4.69) is 5.32 Å². The van der Waals surface area contributed by atoms with Gasteiger partial charge in [-0.1, -0.05) is 41.9 Å². The molecule has 2 aromatic carbocycles. The summed E-state index contributed by atoms with van der Waals surface area (Å²) in [5.41, 5.74) is 2.66. The van der Waals surface area contributed by atoms with Crippen molar-refractivity contribution in [2.45, 2.75) is 32.2 Å². The summed E-state index contributed by atoms with van der Waals surface area (Å²) in [4.78, 5) is 26.7. The van der Waals surface area contributed by atoms with E-state index in [1.807, 2.05) is 48.2 Å². The molecule has 0 aromatic heterocycles. The normalized spacial score (nSPS) is 14.9. The van der Waals surface area contributed by atoms with Gasteiger partial charge in [0.05, 0.1) is 6.42 Å². The van der Waals surface area contributed by atoms with Crippen molar-refractivity contribution < 1.29 is 9.59 Å². The highest BCUT2D eigenvalue weighted by Crippen LogP contribution is 2.15. The van der Waals surface area contributed by atoms with E-state index in [1.54, 1.807) is 12.1 Å². The molecule has 0 bridgehead atoms. The van der Waals surface area contributed by atoms with Crippen molar-refractivity contribution in [1.29, 1.82) is 0 Å². The van der Waals surface area contributed by atoms with Crippen LogP contribution in [-0.4, -0.2) is 35.8 Å². The van der Waals surface area contributed by atoms with Crippen LogP contribution in [-0.2, 0) is 11.2 Å². The number of hydrogen-bond acceptors (Lipinski definition) is 2. The van der Waals surface area contributed by atoms with Crippen LogP contribution in [0.3, 0.4) is 0 Å². The molecular weight excluding hydrogens is 348 g/mol. The van der Waals surface area contributed by atoms with Gasteiger partial charge in [0.25, 0.3) is 5.91 Å². The molecule has 26 heavy (non-hydrogen) atoms. The molecule has 1 aliphatic heterocycles. The van der Waals surface area contributed by atoms with Crippen LogP contribution in [0.25, 0.3) is 0 Å². The molecule has 1 saturated heterocycles. The van der Waals surface area contributed by atoms with Crippen molar-refractivity contribution in [1.82, 2.24) is 10.2 Å². The summed E-state index contributed by atoms with van der Waals surface area (Å²) in [6.45, 7) is 3.28. The highest BCUT2D eigenvalue weighted by Gasteiger charge is 2.24. The SMILES string of the molecule is Cc1ccccc1C(=O)NC1CCN(C(=O)Cc2ccc(Cl)cc2)CC1. The van der Waals surface area contributed by atoms with Gasteiger partial charge in [-0.25, -0.2) is 0 Å². The van der Waals surface area contributed by atoms with Crippen LogP contribution in [0.2, 0.25) is 5.02 Å². The molecule has 0 spiro atoms. The van der Waals surface area contributed by atoms with Gasteiger partial charge < -0.3 is 10.2 Å². The molecular formula is C21H23ClN2O2. The standard InChI is InChI=1S/C21H23ClN2O2/c1-15-4-2-3-5-19(15)21(26)23-18-10-12-24(13-11-18)20(25)14-16-6-8-17(22)9-7-16/h2-9,18H,10-14H2,1H3,(H,23,26). The molecule has 2 amide bonds. The minimum Gasteiger partial charge on any atom is -0.349 e. The third-order valence-corrected chi connectivity index (χ3v) is 5.09. The van der Waals surface area contributed by atoms with Gasteiger partial charge in [0.15, 0.2) is 0 Å². The molecule has 0 aliphatic carbocycles. The number of halogens is 1. The maximum absolute atomic E-state index is 12.5. The molecule has 0 saturated carbocycles. The lowest BCUT2D eigenvalue weighted by molar-refractivity contribution is -0.131. The summed E-state index contributed by atoms with van der Waals surface area (Å²) in [7, 11) is 0. The quantitative estimate of drug-likeness (QED) is 0.893. The Kier molecular flexibility index (Phi) is 5.94. The van der Waals surface area contributed by atoms with Crippen molar-refractivity contribution in [3.63, 3.8) is 0 Å². The van der Waals surface area contributed by atoms with Crippen molar-refractivity contribution in [2.75, 3.05) is 13.1 Å². The summed E-state index contributed by atoms with van der Waals surface area (Å²) in [5, 5.41) is 3.77. The van der Waals surface area contributed by atoms with E-state index in [-0.39, 0.29) is 17.9 Å². The predicted octanol–water partition coefficient (Wildman–Crippen LogP) is 3.61. The monoisotopic (exact) mass is 370 g/mol. The van der Waals surface area contributed by atoms with E-state index in [9.17, 15) is 9.59 Å². The first-order valence-electron chi connectivity index (χ1n) is 8.91. The first kappa shape index (κ1) is 18.5. The lowest BCUT2D eigenvalue weighted by Crippen LogP contribution is -2.47. The average Bonchev–Trinajstić information content (AvgIpc) is 2.64. The highest BCUT2D eigenvalue weighted by molar-refractivity contribution is 6.30. The van der Waals surface area contributed by atoms with E-state index < -0.39 is 0 Å². The zero-order valence-corrected chi connectivity index (χ0v) is 15.6. The van der Waals surface area contributed by atoms with Crippen LogP contribution in [0.5, 0.6) is 0 Å². The second kappa shape index (κ2) is 8.37. The van der Waals surface area contributed by atoms with E-state index >= 15 is 0 Å². The molecule has 1 heterocycles. The number of likely N-dealkylation sites (tertiary alicyclic amines) is 1. The second-order valence-electron chi connectivity index (χ2n) is 6.75. The number of aryl methyl sites for hydroxylation is 1. The summed E-state index contributed by atoms with van der Waals surface area (Å²) in [5.74, 6) is 0.0880. The van der Waals surface area contributed by atoms with Crippen molar-refractivity contribution in [3.8, 4) is 0 Å². The van der Waals surface area contributed by atoms with Crippen molar-refractivity contribution >= 4 is 23.4 Å². The number of hydrogen-bond donors (Lipinski definition) is 1. The van der Waals surface area contributed by atoms with Gasteiger partial charge in [0.2, 0.25) is 5.91 Å². The molecule has 1 N–H and O–H groups in total. The van der Waals surface area contributed by atoms with E-state index in [0.29, 0.717) is 30.1 Å². The van der Waals surface area contributed by atoms with Gasteiger partial charge in [0.1, 0.15) is 0 Å². The van der Waals surface area contributed by atoms with Gasteiger partial charge in [-0.15, -0.1) is 0 Å². The molecule has 3 rings (SSSR count). The van der Waals surface area contributed by atoms with Gasteiger partial charge in [0, 0.05) is 29.7 Å². The molecule has 0 radical (unpaired) electrons. The number of carbonyl (C=O) groups is 2. The molecule has 136 valence electrons. The molecule has 1 aliphatic rings. The first-order chi connectivity index (χ1) is 12.5. The Morgan fingerprint density at radius 1 is 1.08 bits per heavy atom. The largest absolute Gasteiger partial charge is 0.349 e. The summed E-state index contributed by atoms with van der Waals surface area (Å²) < 4.78 is 0. The Bertz CT molecular complexity index is 781. The Morgan fingerprint density at radius 3 is 2.38 bits per heavy atom. The van der Waals surface area contributed by atoms with Gasteiger partial charge in [-0.2, -0.15) is 0 Å². The fraction of sp³-hybridized carbons (Fsp3) is 0.333. The number of carbonyl (C=O) groups excluding carboxylic acids is 2. The second-order valence-corrected chi connectivity index (χ2v) is 7.18. The first-order valence-corrected chi connectivity index (χ1v) is 9.29. The fourth-order valence-corrected chi connectivity index (χ4v) is 3.38. The maximum atomic E-state index is 12.5. The summed E-state index contributed by atoms with van der Waals surface area (Å²) in [6, 6.07) is 15.1. The van der Waals surface area contributed by atoms with Crippen LogP contribution >= 0.6 is 11.6 Å². The smallest absolute Gasteiger partial charge is 0.251 e. The lowest BCUT2D eigenvalue weighted by Gasteiger charge is -2.32. The maximum Gasteiger partial charge on any atom is 0.251 e. The van der Waals surface area contributed by atoms with Crippen LogP contribution in [0, 0.1) is 6.92 Å². The highest BCUT2D eigenvalue weighted by atomic mass is 35.5. The molecule has 0 unspecified atom stereocenters. The Hall–Kier alpha value is -2.33. The van der Waals surface area contributed by atoms with E-state index in [4.69, 9.17) is 11.6 Å². The Labute approximate surface area is 159 Å². The number of piperidine rings is 1. The molecule has 5 heteroatoms.